The topological polar surface area (TPSA) is 43.4 Å². The monoisotopic (exact) mass is 304 g/mol. The summed E-state index contributed by atoms with van der Waals surface area (Å²) in [5, 5.41) is 0. The molecule has 0 amide bonds. The first kappa shape index (κ1) is 10.5. The molecule has 5 rings (SSSR count). The van der Waals surface area contributed by atoms with Crippen molar-refractivity contribution in [3.8, 4) is 0 Å². The predicted octanol–water partition coefficient (Wildman–Crippen LogP) is 2.52. The number of allylic oxidation sites excluding steroid dienone is 2. The summed E-state index contributed by atoms with van der Waals surface area (Å²) in [5.41, 5.74) is 2.28. The number of hydrogen-bond acceptors (Lipinski definition) is 3. The summed E-state index contributed by atoms with van der Waals surface area (Å²) in [6.45, 7) is 0. The van der Waals surface area contributed by atoms with Crippen LogP contribution in [-0.4, -0.2) is 11.9 Å². The molecule has 18 heavy (non-hydrogen) atoms. The van der Waals surface area contributed by atoms with Crippen LogP contribution in [0.1, 0.15) is 23.0 Å². The average molecular weight is 305 g/mol. The molecular formula is C14H9BrO3. The summed E-state index contributed by atoms with van der Waals surface area (Å²) < 4.78 is 5.83. The van der Waals surface area contributed by atoms with E-state index < -0.39 is 0 Å². The van der Waals surface area contributed by atoms with Crippen LogP contribution in [0.4, 0.5) is 0 Å². The van der Waals surface area contributed by atoms with E-state index in [1.807, 2.05) is 30.4 Å². The van der Waals surface area contributed by atoms with E-state index in [-0.39, 0.29) is 35.6 Å². The molecule has 1 aromatic carbocycles. The first-order valence-corrected chi connectivity index (χ1v) is 6.70. The lowest BCUT2D eigenvalue weighted by Gasteiger charge is -2.39. The van der Waals surface area contributed by atoms with Gasteiger partial charge in [-0.2, -0.15) is 0 Å². The number of carbonyl (C=O) groups excluding carboxylic acids is 2. The number of cyclic esters (lactones) is 2. The number of ether oxygens (including phenoxy) is 1. The van der Waals surface area contributed by atoms with Gasteiger partial charge in [-0.25, -0.2) is 0 Å². The standard InChI is InChI=1S/C14H9BrO3/c15-9-3-1-2-6-7-4-5-8(10(6)9)12-11(7)13(16)18-14(12)17/h1-5,7-8,11-12H. The Hall–Kier alpha value is -1.42. The highest BCUT2D eigenvalue weighted by molar-refractivity contribution is 9.10. The van der Waals surface area contributed by atoms with Gasteiger partial charge in [-0.15, -0.1) is 0 Å². The first-order valence-electron chi connectivity index (χ1n) is 5.90. The van der Waals surface area contributed by atoms with E-state index >= 15 is 0 Å². The van der Waals surface area contributed by atoms with Crippen LogP contribution in [0.15, 0.2) is 34.8 Å². The molecule has 0 aromatic heterocycles. The lowest BCUT2D eigenvalue weighted by molar-refractivity contribution is -0.153. The first-order chi connectivity index (χ1) is 8.68. The minimum absolute atomic E-state index is 0.0218. The fourth-order valence-electron chi connectivity index (χ4n) is 3.52. The zero-order valence-electron chi connectivity index (χ0n) is 9.30. The molecule has 90 valence electrons. The molecule has 4 aliphatic rings. The van der Waals surface area contributed by atoms with E-state index in [9.17, 15) is 9.59 Å². The molecule has 4 heteroatoms. The van der Waals surface area contributed by atoms with Crippen molar-refractivity contribution in [3.05, 3.63) is 46.0 Å². The third-order valence-electron chi connectivity index (χ3n) is 4.21. The lowest BCUT2D eigenvalue weighted by Crippen LogP contribution is -2.37. The maximum Gasteiger partial charge on any atom is 0.318 e. The van der Waals surface area contributed by atoms with Gasteiger partial charge in [0.15, 0.2) is 0 Å². The minimum atomic E-state index is -0.370. The van der Waals surface area contributed by atoms with Crippen LogP contribution in [0.5, 0.6) is 0 Å². The average Bonchev–Trinajstić information content (AvgIpc) is 2.68. The fourth-order valence-corrected chi connectivity index (χ4v) is 4.16. The van der Waals surface area contributed by atoms with E-state index in [1.165, 1.54) is 0 Å². The quantitative estimate of drug-likeness (QED) is 0.420. The summed E-state index contributed by atoms with van der Waals surface area (Å²) in [6, 6.07) is 5.98. The van der Waals surface area contributed by atoms with Crippen molar-refractivity contribution in [3.63, 3.8) is 0 Å². The maximum atomic E-state index is 11.8. The van der Waals surface area contributed by atoms with Crippen LogP contribution >= 0.6 is 15.9 Å². The molecule has 2 bridgehead atoms. The van der Waals surface area contributed by atoms with Gasteiger partial charge in [-0.3, -0.25) is 9.59 Å². The third kappa shape index (κ3) is 1.09. The Kier molecular flexibility index (Phi) is 1.94. The fraction of sp³-hybridized carbons (Fsp3) is 0.286. The Morgan fingerprint density at radius 2 is 1.67 bits per heavy atom. The summed E-state index contributed by atoms with van der Waals surface area (Å²) >= 11 is 3.54. The molecule has 0 saturated carbocycles. The number of esters is 2. The van der Waals surface area contributed by atoms with Crippen molar-refractivity contribution in [2.24, 2.45) is 11.8 Å². The molecule has 0 radical (unpaired) electrons. The molecule has 4 unspecified atom stereocenters. The van der Waals surface area contributed by atoms with Gasteiger partial charge in [-0.1, -0.05) is 40.2 Å². The SMILES string of the molecule is O=C1OC(=O)C2C3C=CC(c4cccc(Br)c43)C12. The van der Waals surface area contributed by atoms with Gasteiger partial charge in [0.2, 0.25) is 0 Å². The second kappa shape index (κ2) is 3.32. The Bertz CT molecular complexity index is 619. The second-order valence-corrected chi connectivity index (χ2v) is 5.83. The van der Waals surface area contributed by atoms with Crippen LogP contribution in [0, 0.1) is 11.8 Å². The van der Waals surface area contributed by atoms with Gasteiger partial charge in [0.1, 0.15) is 0 Å². The molecule has 0 N–H and O–H groups in total. The van der Waals surface area contributed by atoms with Crippen molar-refractivity contribution < 1.29 is 14.3 Å². The Morgan fingerprint density at radius 3 is 2.44 bits per heavy atom. The van der Waals surface area contributed by atoms with Crippen LogP contribution in [0.3, 0.4) is 0 Å². The van der Waals surface area contributed by atoms with Gasteiger partial charge < -0.3 is 4.74 Å². The number of carbonyl (C=O) groups is 2. The summed E-state index contributed by atoms with van der Waals surface area (Å²) in [5.74, 6) is -1.45. The third-order valence-corrected chi connectivity index (χ3v) is 4.90. The molecular weight excluding hydrogens is 296 g/mol. The van der Waals surface area contributed by atoms with Crippen molar-refractivity contribution in [2.45, 2.75) is 11.8 Å². The molecule has 1 aromatic rings. The minimum Gasteiger partial charge on any atom is -0.393 e. The molecule has 3 nitrogen and oxygen atoms in total. The van der Waals surface area contributed by atoms with Crippen molar-refractivity contribution in [1.29, 1.82) is 0 Å². The van der Waals surface area contributed by atoms with Gasteiger partial charge in [-0.05, 0) is 17.2 Å². The van der Waals surface area contributed by atoms with E-state index in [4.69, 9.17) is 4.74 Å². The van der Waals surface area contributed by atoms with E-state index in [1.54, 1.807) is 0 Å². The predicted molar refractivity (Wildman–Crippen MR) is 66.8 cm³/mol. The highest BCUT2D eigenvalue weighted by Gasteiger charge is 2.57. The van der Waals surface area contributed by atoms with E-state index in [0.717, 1.165) is 15.6 Å². The highest BCUT2D eigenvalue weighted by atomic mass is 79.9. The molecule has 4 atom stereocenters. The molecule has 0 spiro atoms. The van der Waals surface area contributed by atoms with Gasteiger partial charge in [0, 0.05) is 16.3 Å². The van der Waals surface area contributed by atoms with Gasteiger partial charge in [0.25, 0.3) is 0 Å². The van der Waals surface area contributed by atoms with Crippen molar-refractivity contribution in [2.75, 3.05) is 0 Å². The van der Waals surface area contributed by atoms with Crippen LogP contribution in [0.2, 0.25) is 0 Å². The molecule has 1 heterocycles. The Labute approximate surface area is 112 Å². The molecule has 3 aliphatic carbocycles. The highest BCUT2D eigenvalue weighted by Crippen LogP contribution is 2.56. The summed E-state index contributed by atoms with van der Waals surface area (Å²) in [4.78, 5) is 23.7. The number of benzene rings is 1. The summed E-state index contributed by atoms with van der Waals surface area (Å²) in [7, 11) is 0. The molecule has 1 aliphatic heterocycles. The zero-order valence-corrected chi connectivity index (χ0v) is 10.9. The number of hydrogen-bond donors (Lipinski definition) is 0. The van der Waals surface area contributed by atoms with Crippen LogP contribution in [0.25, 0.3) is 0 Å². The maximum absolute atomic E-state index is 11.8. The van der Waals surface area contributed by atoms with Crippen molar-refractivity contribution in [1.82, 2.24) is 0 Å². The Balaban J connectivity index is 1.99. The molecule has 1 fully saturated rings. The van der Waals surface area contributed by atoms with Crippen molar-refractivity contribution >= 4 is 27.9 Å². The van der Waals surface area contributed by atoms with Gasteiger partial charge in [0.05, 0.1) is 11.8 Å². The smallest absolute Gasteiger partial charge is 0.318 e. The second-order valence-electron chi connectivity index (χ2n) is 4.97. The van der Waals surface area contributed by atoms with Crippen LogP contribution < -0.4 is 0 Å². The normalized spacial score (nSPS) is 35.4. The lowest BCUT2D eigenvalue weighted by atomic mass is 9.61. The summed E-state index contributed by atoms with van der Waals surface area (Å²) in [6.07, 6.45) is 4.08. The van der Waals surface area contributed by atoms with Gasteiger partial charge >= 0.3 is 11.9 Å². The van der Waals surface area contributed by atoms with E-state index in [2.05, 4.69) is 15.9 Å². The number of halogens is 1. The molecule has 1 saturated heterocycles. The largest absolute Gasteiger partial charge is 0.393 e. The van der Waals surface area contributed by atoms with Crippen LogP contribution in [-0.2, 0) is 14.3 Å². The Morgan fingerprint density at radius 1 is 1.00 bits per heavy atom. The van der Waals surface area contributed by atoms with E-state index in [0.29, 0.717) is 0 Å². The number of rotatable bonds is 0. The zero-order chi connectivity index (χ0) is 12.4.